The Labute approximate surface area is 177 Å². The first kappa shape index (κ1) is 19.8. The molecule has 4 rings (SSSR count). The zero-order chi connectivity index (χ0) is 20.1. The number of thiazole rings is 1. The Morgan fingerprint density at radius 2 is 2.21 bits per heavy atom. The fourth-order valence-electron chi connectivity index (χ4n) is 4.07. The smallest absolute Gasteiger partial charge is 0.186 e. The number of hydrogen-bond acceptors (Lipinski definition) is 6. The minimum absolute atomic E-state index is 0.558. The van der Waals surface area contributed by atoms with Crippen LogP contribution in [0.4, 0.5) is 10.8 Å². The van der Waals surface area contributed by atoms with E-state index >= 15 is 0 Å². The van der Waals surface area contributed by atoms with Gasteiger partial charge in [0, 0.05) is 48.7 Å². The molecule has 5 nitrogen and oxygen atoms in total. The number of aromatic nitrogens is 1. The standard InChI is InChI=1S/C23H28N4OS/c1-18-20(25-23(29-18)27-13-3-2-4-14-27)11-17-28-22-10-5-9-21-19(22)8-6-15-26(21)16-7-12-24/h2-3,5,9-10H,4,6-8,11,13-17H2,1H3. The molecule has 2 aromatic rings. The van der Waals surface area contributed by atoms with E-state index in [-0.39, 0.29) is 0 Å². The van der Waals surface area contributed by atoms with Crippen LogP contribution < -0.4 is 14.5 Å². The van der Waals surface area contributed by atoms with Gasteiger partial charge in [0.2, 0.25) is 0 Å². The van der Waals surface area contributed by atoms with Gasteiger partial charge < -0.3 is 14.5 Å². The number of benzene rings is 1. The Morgan fingerprint density at radius 3 is 3.03 bits per heavy atom. The van der Waals surface area contributed by atoms with Gasteiger partial charge in [-0.25, -0.2) is 4.98 Å². The number of ether oxygens (including phenoxy) is 1. The Balaban J connectivity index is 1.40. The summed E-state index contributed by atoms with van der Waals surface area (Å²) < 4.78 is 6.22. The summed E-state index contributed by atoms with van der Waals surface area (Å²) in [7, 11) is 0. The summed E-state index contributed by atoms with van der Waals surface area (Å²) in [5.74, 6) is 0.985. The van der Waals surface area contributed by atoms with E-state index in [1.165, 1.54) is 16.1 Å². The molecule has 0 saturated heterocycles. The third-order valence-corrected chi connectivity index (χ3v) is 6.68. The Kier molecular flexibility index (Phi) is 6.36. The van der Waals surface area contributed by atoms with E-state index in [1.54, 1.807) is 11.3 Å². The fraction of sp³-hybridized carbons (Fsp3) is 0.478. The van der Waals surface area contributed by atoms with Crippen molar-refractivity contribution >= 4 is 22.2 Å². The average Bonchev–Trinajstić information content (AvgIpc) is 3.13. The highest BCUT2D eigenvalue weighted by molar-refractivity contribution is 7.15. The van der Waals surface area contributed by atoms with Gasteiger partial charge in [-0.1, -0.05) is 18.2 Å². The summed E-state index contributed by atoms with van der Waals surface area (Å²) in [5.41, 5.74) is 3.67. The minimum atomic E-state index is 0.558. The van der Waals surface area contributed by atoms with Gasteiger partial charge in [0.05, 0.1) is 24.8 Å². The van der Waals surface area contributed by atoms with Crippen LogP contribution in [0.3, 0.4) is 0 Å². The molecular weight excluding hydrogens is 380 g/mol. The molecule has 0 radical (unpaired) electrons. The predicted octanol–water partition coefficient (Wildman–Crippen LogP) is 4.51. The maximum atomic E-state index is 8.92. The largest absolute Gasteiger partial charge is 0.493 e. The van der Waals surface area contributed by atoms with Crippen LogP contribution in [0.15, 0.2) is 30.4 Å². The molecule has 0 N–H and O–H groups in total. The van der Waals surface area contributed by atoms with Crippen LogP contribution >= 0.6 is 11.3 Å². The molecule has 6 heteroatoms. The molecule has 3 heterocycles. The SMILES string of the molecule is Cc1sc(N2CC=CCC2)nc1CCOc1cccc2c1CCCN2CCC#N. The fourth-order valence-corrected chi connectivity index (χ4v) is 5.06. The second-order valence-electron chi connectivity index (χ2n) is 7.56. The van der Waals surface area contributed by atoms with Crippen molar-refractivity contribution in [2.45, 2.75) is 39.0 Å². The molecule has 29 heavy (non-hydrogen) atoms. The van der Waals surface area contributed by atoms with Crippen LogP contribution in [0.5, 0.6) is 5.75 Å². The van der Waals surface area contributed by atoms with Crippen molar-refractivity contribution in [1.82, 2.24) is 4.98 Å². The molecule has 0 amide bonds. The molecule has 0 spiro atoms. The average molecular weight is 409 g/mol. The second-order valence-corrected chi connectivity index (χ2v) is 8.74. The number of rotatable bonds is 7. The van der Waals surface area contributed by atoms with Crippen LogP contribution in [0.25, 0.3) is 0 Å². The zero-order valence-electron chi connectivity index (χ0n) is 17.1. The molecule has 2 aliphatic heterocycles. The van der Waals surface area contributed by atoms with Gasteiger partial charge in [-0.2, -0.15) is 5.26 Å². The highest BCUT2D eigenvalue weighted by Gasteiger charge is 2.20. The number of hydrogen-bond donors (Lipinski definition) is 0. The van der Waals surface area contributed by atoms with Crippen LogP contribution in [0, 0.1) is 18.3 Å². The van der Waals surface area contributed by atoms with Gasteiger partial charge in [-0.15, -0.1) is 11.3 Å². The number of anilines is 2. The van der Waals surface area contributed by atoms with Gasteiger partial charge in [-0.3, -0.25) is 0 Å². The maximum Gasteiger partial charge on any atom is 0.186 e. The van der Waals surface area contributed by atoms with Crippen LogP contribution in [-0.4, -0.2) is 37.8 Å². The van der Waals surface area contributed by atoms with Gasteiger partial charge in [0.1, 0.15) is 5.75 Å². The first-order chi connectivity index (χ1) is 14.3. The van der Waals surface area contributed by atoms with Crippen molar-refractivity contribution in [2.75, 3.05) is 42.6 Å². The molecule has 0 fully saturated rings. The Hall–Kier alpha value is -2.52. The van der Waals surface area contributed by atoms with Crippen molar-refractivity contribution in [3.8, 4) is 11.8 Å². The lowest BCUT2D eigenvalue weighted by molar-refractivity contribution is 0.316. The van der Waals surface area contributed by atoms with Crippen molar-refractivity contribution in [3.63, 3.8) is 0 Å². The minimum Gasteiger partial charge on any atom is -0.493 e. The molecule has 0 atom stereocenters. The van der Waals surface area contributed by atoms with Gasteiger partial charge in [0.15, 0.2) is 5.13 Å². The van der Waals surface area contributed by atoms with Crippen molar-refractivity contribution in [3.05, 3.63) is 46.5 Å². The van der Waals surface area contributed by atoms with E-state index in [0.717, 1.165) is 68.4 Å². The van der Waals surface area contributed by atoms with Crippen LogP contribution in [-0.2, 0) is 12.8 Å². The van der Waals surface area contributed by atoms with E-state index in [1.807, 2.05) is 0 Å². The van der Waals surface area contributed by atoms with Gasteiger partial charge in [0.25, 0.3) is 0 Å². The lowest BCUT2D eigenvalue weighted by Gasteiger charge is -2.31. The number of nitrogens with zero attached hydrogens (tertiary/aromatic N) is 4. The van der Waals surface area contributed by atoms with E-state index in [0.29, 0.717) is 13.0 Å². The normalized spacial score (nSPS) is 15.9. The van der Waals surface area contributed by atoms with Crippen LogP contribution in [0.1, 0.15) is 35.4 Å². The molecular formula is C23H28N4OS. The summed E-state index contributed by atoms with van der Waals surface area (Å²) in [6.45, 7) is 6.62. The summed E-state index contributed by atoms with van der Waals surface area (Å²) in [4.78, 5) is 10.8. The van der Waals surface area contributed by atoms with Crippen molar-refractivity contribution in [2.24, 2.45) is 0 Å². The van der Waals surface area contributed by atoms with E-state index in [4.69, 9.17) is 15.0 Å². The van der Waals surface area contributed by atoms with Gasteiger partial charge >= 0.3 is 0 Å². The number of nitriles is 1. The topological polar surface area (TPSA) is 52.4 Å². The molecule has 0 saturated carbocycles. The highest BCUT2D eigenvalue weighted by atomic mass is 32.1. The third kappa shape index (κ3) is 4.56. The zero-order valence-corrected chi connectivity index (χ0v) is 17.9. The molecule has 0 aliphatic carbocycles. The summed E-state index contributed by atoms with van der Waals surface area (Å²) in [5, 5.41) is 10.0. The predicted molar refractivity (Wildman–Crippen MR) is 119 cm³/mol. The second kappa shape index (κ2) is 9.32. The number of aryl methyl sites for hydroxylation is 1. The third-order valence-electron chi connectivity index (χ3n) is 5.60. The maximum absolute atomic E-state index is 8.92. The molecule has 0 unspecified atom stereocenters. The quantitative estimate of drug-likeness (QED) is 0.631. The molecule has 0 bridgehead atoms. The Bertz CT molecular complexity index is 914. The first-order valence-corrected chi connectivity index (χ1v) is 11.3. The molecule has 1 aromatic heterocycles. The Morgan fingerprint density at radius 1 is 1.28 bits per heavy atom. The first-order valence-electron chi connectivity index (χ1n) is 10.5. The van der Waals surface area contributed by atoms with Crippen molar-refractivity contribution in [1.29, 1.82) is 5.26 Å². The van der Waals surface area contributed by atoms with E-state index < -0.39 is 0 Å². The lowest BCUT2D eigenvalue weighted by atomic mass is 10.0. The monoisotopic (exact) mass is 408 g/mol. The summed E-state index contributed by atoms with van der Waals surface area (Å²) in [6.07, 6.45) is 9.10. The molecule has 1 aromatic carbocycles. The molecule has 2 aliphatic rings. The van der Waals surface area contributed by atoms with Crippen molar-refractivity contribution < 1.29 is 4.74 Å². The summed E-state index contributed by atoms with van der Waals surface area (Å²) in [6, 6.07) is 8.55. The van der Waals surface area contributed by atoms with Crippen LogP contribution in [0.2, 0.25) is 0 Å². The highest BCUT2D eigenvalue weighted by Crippen LogP contribution is 2.34. The van der Waals surface area contributed by atoms with E-state index in [2.05, 4.69) is 53.1 Å². The summed E-state index contributed by atoms with van der Waals surface area (Å²) >= 11 is 1.79. The van der Waals surface area contributed by atoms with E-state index in [9.17, 15) is 0 Å². The lowest BCUT2D eigenvalue weighted by Crippen LogP contribution is -2.30. The van der Waals surface area contributed by atoms with Gasteiger partial charge in [-0.05, 0) is 38.3 Å². The molecule has 152 valence electrons. The number of fused-ring (bicyclic) bond motifs is 1.